The van der Waals surface area contributed by atoms with E-state index in [9.17, 15) is 9.18 Å². The number of benzene rings is 1. The number of hydrogen-bond donors (Lipinski definition) is 0. The first-order chi connectivity index (χ1) is 9.69. The Morgan fingerprint density at radius 1 is 1.45 bits per heavy atom. The highest BCUT2D eigenvalue weighted by atomic mass is 32.2. The maximum Gasteiger partial charge on any atom is 0.307 e. The van der Waals surface area contributed by atoms with Crippen LogP contribution >= 0.6 is 11.8 Å². The number of carbonyl (C=O) groups is 1. The third-order valence-electron chi connectivity index (χ3n) is 2.78. The van der Waals surface area contributed by atoms with Gasteiger partial charge in [0.15, 0.2) is 11.5 Å². The van der Waals surface area contributed by atoms with Crippen LogP contribution in [0.3, 0.4) is 0 Å². The Morgan fingerprint density at radius 3 is 2.85 bits per heavy atom. The lowest BCUT2D eigenvalue weighted by atomic mass is 10.2. The third kappa shape index (κ3) is 3.04. The summed E-state index contributed by atoms with van der Waals surface area (Å²) in [6, 6.07) is 4.81. The van der Waals surface area contributed by atoms with E-state index in [1.54, 1.807) is 18.3 Å². The minimum absolute atomic E-state index is 0.0959. The van der Waals surface area contributed by atoms with Crippen molar-refractivity contribution < 1.29 is 18.7 Å². The maximum atomic E-state index is 12.4. The summed E-state index contributed by atoms with van der Waals surface area (Å²) in [6.45, 7) is 1.02. The van der Waals surface area contributed by atoms with Crippen molar-refractivity contribution in [2.24, 2.45) is 5.10 Å². The second kappa shape index (κ2) is 6.60. The van der Waals surface area contributed by atoms with Crippen molar-refractivity contribution in [2.75, 3.05) is 19.0 Å². The van der Waals surface area contributed by atoms with Crippen molar-refractivity contribution in [1.29, 1.82) is 0 Å². The molecule has 0 saturated heterocycles. The average Bonchev–Trinajstić information content (AvgIpc) is 2.47. The number of nitrogens with zero attached hydrogens (tertiary/aromatic N) is 2. The molecule has 0 bridgehead atoms. The molecule has 0 radical (unpaired) electrons. The number of amides is 1. The minimum Gasteiger partial charge on any atom is -0.493 e. The fourth-order valence-corrected chi connectivity index (χ4v) is 2.52. The number of methoxy groups -OCH3 is 1. The van der Waals surface area contributed by atoms with E-state index >= 15 is 0 Å². The maximum absolute atomic E-state index is 12.4. The Hall–Kier alpha value is -1.76. The number of halogens is 1. The quantitative estimate of drug-likeness (QED) is 0.835. The SMILES string of the molecule is CCC1C=NN(c2ccc(OC)c(OCF)c2)C(=O)S1. The van der Waals surface area contributed by atoms with E-state index in [0.29, 0.717) is 11.4 Å². The van der Waals surface area contributed by atoms with Crippen LogP contribution in [0.4, 0.5) is 14.9 Å². The van der Waals surface area contributed by atoms with E-state index in [0.717, 1.165) is 6.42 Å². The van der Waals surface area contributed by atoms with Crippen molar-refractivity contribution in [3.8, 4) is 11.5 Å². The van der Waals surface area contributed by atoms with E-state index in [4.69, 9.17) is 9.47 Å². The van der Waals surface area contributed by atoms with Crippen LogP contribution in [0.15, 0.2) is 23.3 Å². The number of alkyl halides is 1. The highest BCUT2D eigenvalue weighted by molar-refractivity contribution is 8.15. The predicted octanol–water partition coefficient (Wildman–Crippen LogP) is 3.44. The van der Waals surface area contributed by atoms with Crippen molar-refractivity contribution >= 4 is 28.9 Å². The molecule has 5 nitrogen and oxygen atoms in total. The molecule has 1 aliphatic rings. The summed E-state index contributed by atoms with van der Waals surface area (Å²) in [5.74, 6) is 0.636. The van der Waals surface area contributed by atoms with Gasteiger partial charge in [0.1, 0.15) is 0 Å². The Morgan fingerprint density at radius 2 is 2.25 bits per heavy atom. The third-order valence-corrected chi connectivity index (χ3v) is 3.91. The molecule has 1 heterocycles. The summed E-state index contributed by atoms with van der Waals surface area (Å²) >= 11 is 1.21. The Kier molecular flexibility index (Phi) is 4.84. The lowest BCUT2D eigenvalue weighted by Gasteiger charge is -2.23. The van der Waals surface area contributed by atoms with E-state index < -0.39 is 6.86 Å². The molecule has 2 rings (SSSR count). The highest BCUT2D eigenvalue weighted by Gasteiger charge is 2.24. The van der Waals surface area contributed by atoms with Gasteiger partial charge in [0, 0.05) is 12.3 Å². The first kappa shape index (κ1) is 14.6. The first-order valence-corrected chi connectivity index (χ1v) is 6.99. The van der Waals surface area contributed by atoms with Crippen molar-refractivity contribution in [1.82, 2.24) is 0 Å². The zero-order valence-corrected chi connectivity index (χ0v) is 12.0. The molecule has 0 N–H and O–H groups in total. The molecule has 0 saturated carbocycles. The molecule has 1 unspecified atom stereocenters. The lowest BCUT2D eigenvalue weighted by molar-refractivity contribution is 0.185. The van der Waals surface area contributed by atoms with Gasteiger partial charge in [-0.1, -0.05) is 18.7 Å². The molecule has 0 spiro atoms. The summed E-state index contributed by atoms with van der Waals surface area (Å²) in [4.78, 5) is 12.0. The molecule has 7 heteroatoms. The Bertz CT molecular complexity index is 524. The summed E-state index contributed by atoms with van der Waals surface area (Å²) in [5.41, 5.74) is 0.512. The number of anilines is 1. The van der Waals surface area contributed by atoms with Gasteiger partial charge in [-0.15, -0.1) is 0 Å². The van der Waals surface area contributed by atoms with Gasteiger partial charge < -0.3 is 9.47 Å². The predicted molar refractivity (Wildman–Crippen MR) is 77.6 cm³/mol. The van der Waals surface area contributed by atoms with Crippen LogP contribution in [0.5, 0.6) is 11.5 Å². The summed E-state index contributed by atoms with van der Waals surface area (Å²) in [7, 11) is 1.46. The highest BCUT2D eigenvalue weighted by Crippen LogP contribution is 2.34. The van der Waals surface area contributed by atoms with Gasteiger partial charge in [0.05, 0.1) is 18.0 Å². The smallest absolute Gasteiger partial charge is 0.307 e. The molecular weight excluding hydrogens is 283 g/mol. The number of hydrazone groups is 1. The summed E-state index contributed by atoms with van der Waals surface area (Å²) in [6.07, 6.45) is 2.57. The lowest BCUT2D eigenvalue weighted by Crippen LogP contribution is -2.29. The number of thioether (sulfide) groups is 1. The second-order valence-corrected chi connectivity index (χ2v) is 5.19. The molecule has 0 aromatic heterocycles. The van der Waals surface area contributed by atoms with Gasteiger partial charge >= 0.3 is 5.24 Å². The Labute approximate surface area is 120 Å². The van der Waals surface area contributed by atoms with E-state index in [1.807, 2.05) is 6.92 Å². The second-order valence-electron chi connectivity index (χ2n) is 4.00. The largest absolute Gasteiger partial charge is 0.493 e. The molecule has 1 aromatic rings. The van der Waals surface area contributed by atoms with Gasteiger partial charge in [-0.3, -0.25) is 4.79 Å². The molecular formula is C13H15FN2O3S. The van der Waals surface area contributed by atoms with Crippen molar-refractivity contribution in [2.45, 2.75) is 18.6 Å². The first-order valence-electron chi connectivity index (χ1n) is 6.11. The van der Waals surface area contributed by atoms with Gasteiger partial charge in [-0.2, -0.15) is 10.1 Å². The molecule has 108 valence electrons. The monoisotopic (exact) mass is 298 g/mol. The van der Waals surface area contributed by atoms with Crippen molar-refractivity contribution in [3.05, 3.63) is 18.2 Å². The molecule has 1 aliphatic heterocycles. The normalized spacial score (nSPS) is 18.2. The average molecular weight is 298 g/mol. The van der Waals surface area contributed by atoms with E-state index in [1.165, 1.54) is 29.9 Å². The van der Waals surface area contributed by atoms with Crippen LogP contribution in [0.25, 0.3) is 0 Å². The van der Waals surface area contributed by atoms with Crippen LogP contribution in [0.2, 0.25) is 0 Å². The van der Waals surface area contributed by atoms with Crippen LogP contribution in [-0.4, -0.2) is 30.7 Å². The molecule has 0 aliphatic carbocycles. The molecule has 1 amide bonds. The zero-order chi connectivity index (χ0) is 14.5. The minimum atomic E-state index is -0.969. The van der Waals surface area contributed by atoms with Gasteiger partial charge in [-0.05, 0) is 18.6 Å². The molecule has 20 heavy (non-hydrogen) atoms. The van der Waals surface area contributed by atoms with Gasteiger partial charge in [0.25, 0.3) is 0 Å². The number of rotatable bonds is 5. The molecule has 1 atom stereocenters. The van der Waals surface area contributed by atoms with Crippen LogP contribution < -0.4 is 14.5 Å². The molecule has 1 aromatic carbocycles. The van der Waals surface area contributed by atoms with E-state index in [-0.39, 0.29) is 16.2 Å². The van der Waals surface area contributed by atoms with Crippen molar-refractivity contribution in [3.63, 3.8) is 0 Å². The standard InChI is InChI=1S/C13H15FN2O3S/c1-3-10-7-15-16(13(17)20-10)9-4-5-11(18-2)12(6-9)19-8-14/h4-7,10H,3,8H2,1-2H3. The fraction of sp³-hybridized carbons (Fsp3) is 0.385. The van der Waals surface area contributed by atoms with Crippen LogP contribution in [-0.2, 0) is 0 Å². The summed E-state index contributed by atoms with van der Waals surface area (Å²) < 4.78 is 22.3. The van der Waals surface area contributed by atoms with Crippen LogP contribution in [0.1, 0.15) is 13.3 Å². The number of hydrogen-bond acceptors (Lipinski definition) is 5. The molecule has 0 fully saturated rings. The van der Waals surface area contributed by atoms with Gasteiger partial charge in [-0.25, -0.2) is 4.39 Å². The van der Waals surface area contributed by atoms with Gasteiger partial charge in [0.2, 0.25) is 6.86 Å². The Balaban J connectivity index is 2.29. The fourth-order valence-electron chi connectivity index (χ4n) is 1.73. The van der Waals surface area contributed by atoms with Crippen LogP contribution in [0, 0.1) is 0 Å². The topological polar surface area (TPSA) is 51.1 Å². The summed E-state index contributed by atoms with van der Waals surface area (Å²) in [5, 5.41) is 5.33. The number of ether oxygens (including phenoxy) is 2. The van der Waals surface area contributed by atoms with E-state index in [2.05, 4.69) is 5.10 Å². The number of carbonyl (C=O) groups excluding carboxylic acids is 1. The zero-order valence-electron chi connectivity index (χ0n) is 11.2.